The number of thiazole rings is 1. The van der Waals surface area contributed by atoms with Crippen LogP contribution < -0.4 is 19.1 Å². The van der Waals surface area contributed by atoms with E-state index in [1.165, 1.54) is 16.2 Å². The highest BCUT2D eigenvalue weighted by Crippen LogP contribution is 2.45. The molecule has 40 heavy (non-hydrogen) atoms. The molecular formula is C31H28N2O6S. The maximum atomic E-state index is 13.6. The fraction of sp³-hybridized carbons (Fsp3) is 0.258. The van der Waals surface area contributed by atoms with E-state index in [2.05, 4.69) is 0 Å². The summed E-state index contributed by atoms with van der Waals surface area (Å²) < 4.78 is 17.9. The molecule has 9 heteroatoms. The number of nitrogens with zero attached hydrogens (tertiary/aromatic N) is 2. The summed E-state index contributed by atoms with van der Waals surface area (Å²) in [5.74, 6) is -0.111. The lowest BCUT2D eigenvalue weighted by Crippen LogP contribution is -2.29. The van der Waals surface area contributed by atoms with Crippen molar-refractivity contribution in [3.8, 4) is 17.2 Å². The average Bonchev–Trinajstić information content (AvgIpc) is 3.49. The Labute approximate surface area is 235 Å². The molecule has 8 nitrogen and oxygen atoms in total. The summed E-state index contributed by atoms with van der Waals surface area (Å²) in [5.41, 5.74) is 3.83. The Kier molecular flexibility index (Phi) is 6.67. The van der Waals surface area contributed by atoms with Crippen LogP contribution in [0.25, 0.3) is 16.0 Å². The SMILES string of the molecule is CCCOc1ccc([C@H]2/C(=C(\O)c3ccc4c(c3)OCCO4)C(=O)C(=O)N2c2nc3c(C)cc(C)cc3s2)cc1. The molecule has 4 aromatic rings. The van der Waals surface area contributed by atoms with Crippen molar-refractivity contribution in [1.82, 2.24) is 4.98 Å². The normalized spacial score (nSPS) is 18.0. The number of amides is 1. The third-order valence-corrected chi connectivity index (χ3v) is 7.96. The number of rotatable bonds is 6. The van der Waals surface area contributed by atoms with Gasteiger partial charge in [-0.1, -0.05) is 36.5 Å². The van der Waals surface area contributed by atoms with E-state index in [9.17, 15) is 14.7 Å². The van der Waals surface area contributed by atoms with Crippen LogP contribution in [0, 0.1) is 13.8 Å². The number of Topliss-reactive ketones (excluding diaryl/α,β-unsaturated/α-hetero) is 1. The van der Waals surface area contributed by atoms with Gasteiger partial charge in [-0.05, 0) is 73.4 Å². The van der Waals surface area contributed by atoms with Crippen LogP contribution in [-0.2, 0) is 9.59 Å². The number of hydrogen-bond donors (Lipinski definition) is 1. The molecule has 1 atom stereocenters. The van der Waals surface area contributed by atoms with E-state index in [1.54, 1.807) is 30.3 Å². The van der Waals surface area contributed by atoms with Crippen molar-refractivity contribution < 1.29 is 28.9 Å². The molecule has 0 bridgehead atoms. The number of aliphatic hydroxyl groups excluding tert-OH is 1. The van der Waals surface area contributed by atoms with Gasteiger partial charge in [0.1, 0.15) is 24.7 Å². The molecule has 0 radical (unpaired) electrons. The Bertz CT molecular complexity index is 1670. The fourth-order valence-electron chi connectivity index (χ4n) is 5.12. The highest BCUT2D eigenvalue weighted by atomic mass is 32.1. The van der Waals surface area contributed by atoms with Gasteiger partial charge in [-0.3, -0.25) is 14.5 Å². The van der Waals surface area contributed by atoms with Crippen molar-refractivity contribution in [3.63, 3.8) is 0 Å². The summed E-state index contributed by atoms with van der Waals surface area (Å²) in [5, 5.41) is 11.9. The molecular weight excluding hydrogens is 528 g/mol. The number of ether oxygens (including phenoxy) is 3. The van der Waals surface area contributed by atoms with Crippen LogP contribution in [0.5, 0.6) is 17.2 Å². The average molecular weight is 557 g/mol. The maximum absolute atomic E-state index is 13.6. The van der Waals surface area contributed by atoms with Gasteiger partial charge >= 0.3 is 5.91 Å². The number of hydrogen-bond acceptors (Lipinski definition) is 8. The number of carbonyl (C=O) groups excluding carboxylic acids is 2. The second-order valence-electron chi connectivity index (χ2n) is 9.87. The molecule has 0 aliphatic carbocycles. The summed E-state index contributed by atoms with van der Waals surface area (Å²) >= 11 is 1.35. The quantitative estimate of drug-likeness (QED) is 0.174. The molecule has 2 aliphatic rings. The predicted octanol–water partition coefficient (Wildman–Crippen LogP) is 6.10. The van der Waals surface area contributed by atoms with Crippen molar-refractivity contribution in [1.29, 1.82) is 0 Å². The molecule has 1 saturated heterocycles. The number of aliphatic hydroxyl groups is 1. The van der Waals surface area contributed by atoms with Crippen molar-refractivity contribution in [2.75, 3.05) is 24.7 Å². The molecule has 204 valence electrons. The topological polar surface area (TPSA) is 98.2 Å². The highest BCUT2D eigenvalue weighted by Gasteiger charge is 2.48. The summed E-state index contributed by atoms with van der Waals surface area (Å²) in [6.07, 6.45) is 0.869. The molecule has 0 spiro atoms. The molecule has 3 aromatic carbocycles. The number of benzene rings is 3. The van der Waals surface area contributed by atoms with Crippen LogP contribution >= 0.6 is 11.3 Å². The van der Waals surface area contributed by atoms with Gasteiger partial charge in [0.2, 0.25) is 0 Å². The molecule has 0 unspecified atom stereocenters. The molecule has 2 aliphatic heterocycles. The van der Waals surface area contributed by atoms with Crippen molar-refractivity contribution in [2.24, 2.45) is 0 Å². The van der Waals surface area contributed by atoms with Gasteiger partial charge in [-0.2, -0.15) is 0 Å². The third-order valence-electron chi connectivity index (χ3n) is 6.95. The van der Waals surface area contributed by atoms with E-state index in [4.69, 9.17) is 19.2 Å². The maximum Gasteiger partial charge on any atom is 0.301 e. The van der Waals surface area contributed by atoms with Crippen molar-refractivity contribution in [3.05, 3.63) is 82.4 Å². The van der Waals surface area contributed by atoms with Crippen LogP contribution in [0.3, 0.4) is 0 Å². The third kappa shape index (κ3) is 4.46. The monoisotopic (exact) mass is 556 g/mol. The number of aromatic nitrogens is 1. The molecule has 1 amide bonds. The zero-order valence-electron chi connectivity index (χ0n) is 22.4. The summed E-state index contributed by atoms with van der Waals surface area (Å²) in [4.78, 5) is 33.4. The van der Waals surface area contributed by atoms with Crippen molar-refractivity contribution in [2.45, 2.75) is 33.2 Å². The van der Waals surface area contributed by atoms with E-state index in [1.807, 2.05) is 45.0 Å². The number of fused-ring (bicyclic) bond motifs is 2. The zero-order valence-corrected chi connectivity index (χ0v) is 23.2. The van der Waals surface area contributed by atoms with Gasteiger partial charge < -0.3 is 19.3 Å². The van der Waals surface area contributed by atoms with Crippen LogP contribution in [0.2, 0.25) is 0 Å². The largest absolute Gasteiger partial charge is 0.507 e. The fourth-order valence-corrected chi connectivity index (χ4v) is 6.29. The Hall–Kier alpha value is -4.37. The molecule has 1 N–H and O–H groups in total. The molecule has 1 aromatic heterocycles. The lowest BCUT2D eigenvalue weighted by Gasteiger charge is -2.23. The molecule has 1 fully saturated rings. The second-order valence-corrected chi connectivity index (χ2v) is 10.9. The zero-order chi connectivity index (χ0) is 28.0. The van der Waals surface area contributed by atoms with Gasteiger partial charge in [0.15, 0.2) is 16.6 Å². The van der Waals surface area contributed by atoms with Gasteiger partial charge in [-0.25, -0.2) is 4.98 Å². The van der Waals surface area contributed by atoms with Crippen LogP contribution in [0.15, 0.2) is 60.2 Å². The summed E-state index contributed by atoms with van der Waals surface area (Å²) in [7, 11) is 0. The van der Waals surface area contributed by atoms with Gasteiger partial charge in [0.05, 0.1) is 28.4 Å². The summed E-state index contributed by atoms with van der Waals surface area (Å²) in [6, 6.07) is 15.4. The highest BCUT2D eigenvalue weighted by molar-refractivity contribution is 7.22. The molecule has 6 rings (SSSR count). The van der Waals surface area contributed by atoms with E-state index in [-0.39, 0.29) is 11.3 Å². The Morgan fingerprint density at radius 2 is 1.80 bits per heavy atom. The summed E-state index contributed by atoms with van der Waals surface area (Å²) in [6.45, 7) is 7.40. The minimum Gasteiger partial charge on any atom is -0.507 e. The number of ketones is 1. The number of aryl methyl sites for hydroxylation is 2. The minimum atomic E-state index is -0.893. The van der Waals surface area contributed by atoms with Crippen LogP contribution in [0.4, 0.5) is 5.13 Å². The first-order chi connectivity index (χ1) is 19.4. The first kappa shape index (κ1) is 25.9. The lowest BCUT2D eigenvalue weighted by atomic mass is 9.95. The van der Waals surface area contributed by atoms with E-state index in [0.717, 1.165) is 27.8 Å². The standard InChI is InChI=1S/C31H28N2O6S/c1-4-11-37-21-8-5-19(6-9-21)27-25(28(34)20-7-10-22-23(16-20)39-13-12-38-22)29(35)30(36)33(27)31-32-26-18(3)14-17(2)15-24(26)40-31/h5-10,14-16,27,34H,4,11-13H2,1-3H3/b28-25+/t27-/m0/s1. The molecule has 3 heterocycles. The first-order valence-corrected chi connectivity index (χ1v) is 14.0. The predicted molar refractivity (Wildman–Crippen MR) is 154 cm³/mol. The van der Waals surface area contributed by atoms with Gasteiger partial charge in [-0.15, -0.1) is 0 Å². The van der Waals surface area contributed by atoms with E-state index >= 15 is 0 Å². The first-order valence-electron chi connectivity index (χ1n) is 13.2. The van der Waals surface area contributed by atoms with Gasteiger partial charge in [0, 0.05) is 5.56 Å². The van der Waals surface area contributed by atoms with Crippen LogP contribution in [-0.4, -0.2) is 41.6 Å². The smallest absolute Gasteiger partial charge is 0.301 e. The lowest BCUT2D eigenvalue weighted by molar-refractivity contribution is -0.132. The minimum absolute atomic E-state index is 0.0175. The van der Waals surface area contributed by atoms with E-state index in [0.29, 0.717) is 53.3 Å². The van der Waals surface area contributed by atoms with Crippen LogP contribution in [0.1, 0.15) is 41.6 Å². The number of carbonyl (C=O) groups is 2. The Balaban J connectivity index is 1.51. The Morgan fingerprint density at radius 1 is 1.05 bits per heavy atom. The molecule has 0 saturated carbocycles. The second kappa shape index (κ2) is 10.3. The van der Waals surface area contributed by atoms with Gasteiger partial charge in [0.25, 0.3) is 5.78 Å². The Morgan fingerprint density at radius 3 is 2.55 bits per heavy atom. The van der Waals surface area contributed by atoms with E-state index < -0.39 is 17.7 Å². The van der Waals surface area contributed by atoms with Crippen molar-refractivity contribution >= 4 is 44.1 Å². The number of anilines is 1.